The topological polar surface area (TPSA) is 74.6 Å². The van der Waals surface area contributed by atoms with Crippen molar-refractivity contribution in [3.05, 3.63) is 56.5 Å². The summed E-state index contributed by atoms with van der Waals surface area (Å²) in [6.07, 6.45) is 0. The van der Waals surface area contributed by atoms with Gasteiger partial charge in [0.05, 0.1) is 11.1 Å². The molecule has 20 heavy (non-hydrogen) atoms. The average molecular weight is 400 g/mol. The first-order valence-corrected chi connectivity index (χ1v) is 7.05. The molecule has 0 aliphatic rings. The molecule has 0 unspecified atom stereocenters. The maximum Gasteiger partial charge on any atom is 0.336 e. The number of carbonyl (C=O) groups is 2. The van der Waals surface area contributed by atoms with Gasteiger partial charge in [-0.05, 0) is 47.5 Å². The molecule has 0 saturated carbocycles. The minimum atomic E-state index is -1.11. The Morgan fingerprint density at radius 3 is 1.40 bits per heavy atom. The third-order valence-electron chi connectivity index (χ3n) is 2.71. The van der Waals surface area contributed by atoms with Crippen LogP contribution in [0.2, 0.25) is 0 Å². The maximum atomic E-state index is 11.3. The summed E-state index contributed by atoms with van der Waals surface area (Å²) in [6.45, 7) is 0. The Morgan fingerprint density at radius 1 is 0.750 bits per heavy atom. The lowest BCUT2D eigenvalue weighted by Gasteiger charge is -2.11. The third kappa shape index (κ3) is 2.91. The molecule has 0 fully saturated rings. The normalized spacial score (nSPS) is 10.3. The first-order chi connectivity index (χ1) is 9.40. The fraction of sp³-hybridized carbons (Fsp3) is 0. The van der Waals surface area contributed by atoms with Crippen LogP contribution >= 0.6 is 31.9 Å². The van der Waals surface area contributed by atoms with Crippen LogP contribution in [-0.4, -0.2) is 22.2 Å². The van der Waals surface area contributed by atoms with E-state index in [1.807, 2.05) is 0 Å². The maximum absolute atomic E-state index is 11.3. The molecule has 0 radical (unpaired) electrons. The van der Waals surface area contributed by atoms with Crippen molar-refractivity contribution in [3.63, 3.8) is 0 Å². The summed E-state index contributed by atoms with van der Waals surface area (Å²) in [5.41, 5.74) is 0.804. The van der Waals surface area contributed by atoms with Crippen LogP contribution in [0.5, 0.6) is 0 Å². The Kier molecular flexibility index (Phi) is 4.25. The van der Waals surface area contributed by atoms with Crippen molar-refractivity contribution < 1.29 is 19.8 Å². The number of aromatic carboxylic acids is 2. The molecule has 2 N–H and O–H groups in total. The predicted octanol–water partition coefficient (Wildman–Crippen LogP) is 4.28. The highest BCUT2D eigenvalue weighted by Crippen LogP contribution is 2.32. The molecule has 0 spiro atoms. The van der Waals surface area contributed by atoms with Crippen molar-refractivity contribution in [3.8, 4) is 11.1 Å². The molecule has 0 amide bonds. The van der Waals surface area contributed by atoms with E-state index < -0.39 is 11.9 Å². The Hall–Kier alpha value is -1.66. The van der Waals surface area contributed by atoms with Crippen LogP contribution in [0, 0.1) is 0 Å². The van der Waals surface area contributed by atoms with Crippen LogP contribution < -0.4 is 0 Å². The molecule has 2 rings (SSSR count). The molecule has 0 heterocycles. The summed E-state index contributed by atoms with van der Waals surface area (Å²) >= 11 is 6.54. The number of carboxylic acids is 2. The van der Waals surface area contributed by atoms with Gasteiger partial charge in [-0.2, -0.15) is 0 Å². The molecule has 0 bridgehead atoms. The molecular formula is C14H8Br2O4. The Labute approximate surface area is 131 Å². The molecule has 4 nitrogen and oxygen atoms in total. The Bertz CT molecular complexity index is 649. The number of benzene rings is 2. The first kappa shape index (κ1) is 14.7. The lowest BCUT2D eigenvalue weighted by molar-refractivity contribution is 0.0684. The molecule has 2 aromatic carbocycles. The number of rotatable bonds is 3. The predicted molar refractivity (Wildman–Crippen MR) is 81.2 cm³/mol. The zero-order valence-electron chi connectivity index (χ0n) is 9.93. The molecule has 6 heteroatoms. The second kappa shape index (κ2) is 5.76. The number of hydrogen-bond donors (Lipinski definition) is 2. The van der Waals surface area contributed by atoms with E-state index in [1.54, 1.807) is 24.3 Å². The van der Waals surface area contributed by atoms with Gasteiger partial charge in [0.25, 0.3) is 0 Å². The largest absolute Gasteiger partial charge is 0.478 e. The highest BCUT2D eigenvalue weighted by molar-refractivity contribution is 9.10. The van der Waals surface area contributed by atoms with Crippen molar-refractivity contribution in [1.29, 1.82) is 0 Å². The molecule has 0 atom stereocenters. The fourth-order valence-corrected chi connectivity index (χ4v) is 2.57. The monoisotopic (exact) mass is 398 g/mol. The van der Waals surface area contributed by atoms with E-state index in [2.05, 4.69) is 31.9 Å². The highest BCUT2D eigenvalue weighted by Gasteiger charge is 2.18. The summed E-state index contributed by atoms with van der Waals surface area (Å²) in [7, 11) is 0. The van der Waals surface area contributed by atoms with Crippen molar-refractivity contribution in [2.45, 2.75) is 0 Å². The van der Waals surface area contributed by atoms with Crippen LogP contribution in [0.1, 0.15) is 20.7 Å². The van der Waals surface area contributed by atoms with Crippen LogP contribution in [0.25, 0.3) is 11.1 Å². The van der Waals surface area contributed by atoms with Gasteiger partial charge < -0.3 is 10.2 Å². The molecule has 0 aliphatic heterocycles. The molecule has 0 aromatic heterocycles. The van der Waals surface area contributed by atoms with E-state index in [9.17, 15) is 19.8 Å². The van der Waals surface area contributed by atoms with Gasteiger partial charge in [-0.15, -0.1) is 0 Å². The smallest absolute Gasteiger partial charge is 0.336 e. The number of carboxylic acid groups (broad SMARTS) is 2. The molecule has 0 saturated heterocycles. The van der Waals surface area contributed by atoms with Crippen LogP contribution in [-0.2, 0) is 0 Å². The summed E-state index contributed by atoms with van der Waals surface area (Å²) in [5.74, 6) is -2.22. The Balaban J connectivity index is 2.79. The van der Waals surface area contributed by atoms with Gasteiger partial charge in [-0.3, -0.25) is 0 Å². The van der Waals surface area contributed by atoms with E-state index in [4.69, 9.17) is 0 Å². The van der Waals surface area contributed by atoms with Crippen LogP contribution in [0.3, 0.4) is 0 Å². The van der Waals surface area contributed by atoms with Gasteiger partial charge in [0.1, 0.15) is 0 Å². The van der Waals surface area contributed by atoms with Crippen LogP contribution in [0.4, 0.5) is 0 Å². The SMILES string of the molecule is O=C(O)c1ccc(Br)cc1-c1cc(Br)ccc1C(=O)O. The molecule has 0 aliphatic carbocycles. The molecule has 2 aromatic rings. The van der Waals surface area contributed by atoms with Gasteiger partial charge in [0.2, 0.25) is 0 Å². The van der Waals surface area contributed by atoms with Gasteiger partial charge >= 0.3 is 11.9 Å². The van der Waals surface area contributed by atoms with E-state index in [1.165, 1.54) is 12.1 Å². The van der Waals surface area contributed by atoms with Gasteiger partial charge in [-0.1, -0.05) is 31.9 Å². The third-order valence-corrected chi connectivity index (χ3v) is 3.70. The lowest BCUT2D eigenvalue weighted by Crippen LogP contribution is -2.04. The second-order valence-corrected chi connectivity index (χ2v) is 5.82. The fourth-order valence-electron chi connectivity index (χ4n) is 1.85. The van der Waals surface area contributed by atoms with E-state index in [0.717, 1.165) is 0 Å². The minimum Gasteiger partial charge on any atom is -0.478 e. The standard InChI is InChI=1S/C14H8Br2O4/c15-7-1-3-9(13(17)18)11(5-7)12-6-8(16)2-4-10(12)14(19)20/h1-6H,(H,17,18)(H,19,20). The number of hydrogen-bond acceptors (Lipinski definition) is 2. The van der Waals surface area contributed by atoms with Gasteiger partial charge in [-0.25, -0.2) is 9.59 Å². The molecule has 102 valence electrons. The summed E-state index contributed by atoms with van der Waals surface area (Å²) in [5, 5.41) is 18.5. The summed E-state index contributed by atoms with van der Waals surface area (Å²) < 4.78 is 1.35. The van der Waals surface area contributed by atoms with Gasteiger partial charge in [0.15, 0.2) is 0 Å². The second-order valence-electron chi connectivity index (χ2n) is 3.99. The zero-order chi connectivity index (χ0) is 14.9. The first-order valence-electron chi connectivity index (χ1n) is 5.46. The summed E-state index contributed by atoms with van der Waals surface area (Å²) in [4.78, 5) is 22.6. The minimum absolute atomic E-state index is 0.0498. The summed E-state index contributed by atoms with van der Waals surface area (Å²) in [6, 6.07) is 9.27. The highest BCUT2D eigenvalue weighted by atomic mass is 79.9. The van der Waals surface area contributed by atoms with Crippen molar-refractivity contribution >= 4 is 43.8 Å². The Morgan fingerprint density at radius 2 is 1.10 bits per heavy atom. The van der Waals surface area contributed by atoms with Crippen molar-refractivity contribution in [2.75, 3.05) is 0 Å². The van der Waals surface area contributed by atoms with Crippen LogP contribution in [0.15, 0.2) is 45.3 Å². The quantitative estimate of drug-likeness (QED) is 0.807. The number of halogens is 2. The van der Waals surface area contributed by atoms with E-state index in [-0.39, 0.29) is 11.1 Å². The average Bonchev–Trinajstić information content (AvgIpc) is 2.37. The zero-order valence-corrected chi connectivity index (χ0v) is 13.1. The van der Waals surface area contributed by atoms with Gasteiger partial charge in [0, 0.05) is 8.95 Å². The van der Waals surface area contributed by atoms with Crippen molar-refractivity contribution in [1.82, 2.24) is 0 Å². The van der Waals surface area contributed by atoms with Crippen molar-refractivity contribution in [2.24, 2.45) is 0 Å². The molecular weight excluding hydrogens is 392 g/mol. The van der Waals surface area contributed by atoms with E-state index in [0.29, 0.717) is 20.1 Å². The lowest BCUT2D eigenvalue weighted by atomic mass is 9.95. The van der Waals surface area contributed by atoms with E-state index >= 15 is 0 Å².